The van der Waals surface area contributed by atoms with E-state index in [-0.39, 0.29) is 12.2 Å². The Morgan fingerprint density at radius 3 is 2.71 bits per heavy atom. The quantitative estimate of drug-likeness (QED) is 0.918. The van der Waals surface area contributed by atoms with Gasteiger partial charge >= 0.3 is 5.97 Å². The summed E-state index contributed by atoms with van der Waals surface area (Å²) in [6.45, 7) is 6.53. The van der Waals surface area contributed by atoms with Gasteiger partial charge in [0.2, 0.25) is 0 Å². The number of hydrogen-bond donors (Lipinski definition) is 1. The summed E-state index contributed by atoms with van der Waals surface area (Å²) in [6, 6.07) is 5.95. The minimum atomic E-state index is -0.993. The van der Waals surface area contributed by atoms with Crippen LogP contribution in [0.3, 0.4) is 0 Å². The molecule has 1 heterocycles. The monoisotopic (exact) mass is 288 g/mol. The number of carboxylic acids is 1. The summed E-state index contributed by atoms with van der Waals surface area (Å²) in [5, 5.41) is 13.1. The second-order valence-electron chi connectivity index (χ2n) is 5.40. The highest BCUT2D eigenvalue weighted by Crippen LogP contribution is 2.24. The summed E-state index contributed by atoms with van der Waals surface area (Å²) >= 11 is 0. The fraction of sp³-hybridized carbons (Fsp3) is 0.375. The summed E-state index contributed by atoms with van der Waals surface area (Å²) < 4.78 is 7.24. The number of carbonyl (C=O) groups is 1. The highest BCUT2D eigenvalue weighted by molar-refractivity contribution is 5.88. The predicted molar refractivity (Wildman–Crippen MR) is 79.8 cm³/mol. The van der Waals surface area contributed by atoms with E-state index in [0.717, 1.165) is 5.75 Å². The summed E-state index contributed by atoms with van der Waals surface area (Å²) in [4.78, 5) is 11.1. The molecule has 0 saturated heterocycles. The molecular weight excluding hydrogens is 268 g/mol. The maximum Gasteiger partial charge on any atom is 0.339 e. The van der Waals surface area contributed by atoms with Crippen molar-refractivity contribution < 1.29 is 14.6 Å². The number of aryl methyl sites for hydroxylation is 2. The molecule has 1 aromatic heterocycles. The molecule has 0 fully saturated rings. The van der Waals surface area contributed by atoms with Gasteiger partial charge in [-0.15, -0.1) is 0 Å². The SMILES string of the molecule is Cc1cc(OCc2c(C(=O)O)cnn2C)ccc1C(C)C. The van der Waals surface area contributed by atoms with E-state index in [1.54, 1.807) is 7.05 Å². The van der Waals surface area contributed by atoms with Gasteiger partial charge in [0, 0.05) is 7.05 Å². The van der Waals surface area contributed by atoms with Gasteiger partial charge in [-0.1, -0.05) is 19.9 Å². The van der Waals surface area contributed by atoms with Crippen LogP contribution in [0, 0.1) is 6.92 Å². The van der Waals surface area contributed by atoms with Crippen molar-refractivity contribution in [1.82, 2.24) is 9.78 Å². The number of aromatic nitrogens is 2. The maximum absolute atomic E-state index is 11.1. The smallest absolute Gasteiger partial charge is 0.339 e. The van der Waals surface area contributed by atoms with Gasteiger partial charge in [-0.05, 0) is 36.1 Å². The zero-order chi connectivity index (χ0) is 15.6. The van der Waals surface area contributed by atoms with Crippen LogP contribution in [0.15, 0.2) is 24.4 Å². The van der Waals surface area contributed by atoms with E-state index in [4.69, 9.17) is 9.84 Å². The molecule has 0 saturated carbocycles. The summed E-state index contributed by atoms with van der Waals surface area (Å²) in [6.07, 6.45) is 1.34. The number of nitrogens with zero attached hydrogens (tertiary/aromatic N) is 2. The molecule has 0 atom stereocenters. The lowest BCUT2D eigenvalue weighted by Gasteiger charge is -2.13. The highest BCUT2D eigenvalue weighted by atomic mass is 16.5. The van der Waals surface area contributed by atoms with Crippen LogP contribution in [0.4, 0.5) is 0 Å². The number of ether oxygens (including phenoxy) is 1. The fourth-order valence-corrected chi connectivity index (χ4v) is 2.35. The predicted octanol–water partition coefficient (Wildman–Crippen LogP) is 3.13. The van der Waals surface area contributed by atoms with E-state index in [9.17, 15) is 4.79 Å². The van der Waals surface area contributed by atoms with E-state index in [1.165, 1.54) is 22.0 Å². The molecule has 2 rings (SSSR count). The molecule has 0 aliphatic carbocycles. The molecule has 0 radical (unpaired) electrons. The second kappa shape index (κ2) is 5.99. The van der Waals surface area contributed by atoms with Gasteiger partial charge in [-0.3, -0.25) is 4.68 Å². The number of rotatable bonds is 5. The van der Waals surface area contributed by atoms with E-state index in [2.05, 4.69) is 31.9 Å². The summed E-state index contributed by atoms with van der Waals surface area (Å²) in [7, 11) is 1.71. The summed E-state index contributed by atoms with van der Waals surface area (Å²) in [5.41, 5.74) is 3.18. The molecule has 0 amide bonds. The lowest BCUT2D eigenvalue weighted by atomic mass is 9.98. The fourth-order valence-electron chi connectivity index (χ4n) is 2.35. The van der Waals surface area contributed by atoms with Crippen LogP contribution < -0.4 is 4.74 Å². The molecule has 0 aliphatic rings. The van der Waals surface area contributed by atoms with Crippen LogP contribution in [0.25, 0.3) is 0 Å². The average molecular weight is 288 g/mol. The minimum Gasteiger partial charge on any atom is -0.487 e. The van der Waals surface area contributed by atoms with Crippen molar-refractivity contribution in [3.63, 3.8) is 0 Å². The van der Waals surface area contributed by atoms with Crippen molar-refractivity contribution in [2.45, 2.75) is 33.3 Å². The molecule has 112 valence electrons. The highest BCUT2D eigenvalue weighted by Gasteiger charge is 2.15. The van der Waals surface area contributed by atoms with E-state index in [1.807, 2.05) is 12.1 Å². The van der Waals surface area contributed by atoms with Gasteiger partial charge in [-0.2, -0.15) is 5.10 Å². The third-order valence-electron chi connectivity index (χ3n) is 3.53. The standard InChI is InChI=1S/C16H20N2O3/c1-10(2)13-6-5-12(7-11(13)3)21-9-15-14(16(19)20)8-17-18(15)4/h5-8,10H,9H2,1-4H3,(H,19,20). The Bertz CT molecular complexity index is 660. The third-order valence-corrected chi connectivity index (χ3v) is 3.53. The van der Waals surface area contributed by atoms with E-state index < -0.39 is 5.97 Å². The van der Waals surface area contributed by atoms with Crippen molar-refractivity contribution >= 4 is 5.97 Å². The van der Waals surface area contributed by atoms with Gasteiger partial charge in [0.1, 0.15) is 17.9 Å². The van der Waals surface area contributed by atoms with E-state index >= 15 is 0 Å². The van der Waals surface area contributed by atoms with Gasteiger partial charge in [0.25, 0.3) is 0 Å². The molecule has 5 nitrogen and oxygen atoms in total. The van der Waals surface area contributed by atoms with Gasteiger partial charge in [-0.25, -0.2) is 4.79 Å². The zero-order valence-corrected chi connectivity index (χ0v) is 12.8. The Morgan fingerprint density at radius 1 is 1.43 bits per heavy atom. The van der Waals surface area contributed by atoms with Crippen LogP contribution in [0.5, 0.6) is 5.75 Å². The lowest BCUT2D eigenvalue weighted by Crippen LogP contribution is -2.08. The minimum absolute atomic E-state index is 0.174. The van der Waals surface area contributed by atoms with Gasteiger partial charge in [0.05, 0.1) is 11.9 Å². The molecule has 1 aromatic carbocycles. The Kier molecular flexibility index (Phi) is 4.31. The topological polar surface area (TPSA) is 64.3 Å². The molecule has 0 spiro atoms. The normalized spacial score (nSPS) is 10.9. The molecule has 2 aromatic rings. The van der Waals surface area contributed by atoms with Crippen LogP contribution in [-0.4, -0.2) is 20.9 Å². The number of carboxylic acid groups (broad SMARTS) is 1. The molecule has 0 unspecified atom stereocenters. The molecule has 0 bridgehead atoms. The first-order chi connectivity index (χ1) is 9.90. The Balaban J connectivity index is 2.15. The number of benzene rings is 1. The van der Waals surface area contributed by atoms with Gasteiger partial charge < -0.3 is 9.84 Å². The van der Waals surface area contributed by atoms with Crippen molar-refractivity contribution in [3.8, 4) is 5.75 Å². The molecule has 1 N–H and O–H groups in total. The third kappa shape index (κ3) is 3.24. The number of hydrogen-bond acceptors (Lipinski definition) is 3. The first kappa shape index (κ1) is 15.1. The molecule has 5 heteroatoms. The molecule has 0 aliphatic heterocycles. The van der Waals surface area contributed by atoms with E-state index in [0.29, 0.717) is 11.6 Å². The first-order valence-corrected chi connectivity index (χ1v) is 6.87. The van der Waals surface area contributed by atoms with Crippen LogP contribution in [-0.2, 0) is 13.7 Å². The van der Waals surface area contributed by atoms with Crippen LogP contribution in [0.1, 0.15) is 46.9 Å². The largest absolute Gasteiger partial charge is 0.487 e. The zero-order valence-electron chi connectivity index (χ0n) is 12.8. The lowest BCUT2D eigenvalue weighted by molar-refractivity contribution is 0.0693. The Labute approximate surface area is 124 Å². The molecular formula is C16H20N2O3. The van der Waals surface area contributed by atoms with Crippen molar-refractivity contribution in [2.75, 3.05) is 0 Å². The van der Waals surface area contributed by atoms with Crippen molar-refractivity contribution in [2.24, 2.45) is 7.05 Å². The summed E-state index contributed by atoms with van der Waals surface area (Å²) in [5.74, 6) is 0.206. The van der Waals surface area contributed by atoms with Crippen LogP contribution >= 0.6 is 0 Å². The average Bonchev–Trinajstić information content (AvgIpc) is 2.77. The second-order valence-corrected chi connectivity index (χ2v) is 5.40. The van der Waals surface area contributed by atoms with Crippen molar-refractivity contribution in [3.05, 3.63) is 46.8 Å². The van der Waals surface area contributed by atoms with Crippen LogP contribution in [0.2, 0.25) is 0 Å². The Hall–Kier alpha value is -2.30. The number of aromatic carboxylic acids is 1. The first-order valence-electron chi connectivity index (χ1n) is 6.87. The maximum atomic E-state index is 11.1. The molecule has 21 heavy (non-hydrogen) atoms. The Morgan fingerprint density at radius 2 is 2.14 bits per heavy atom. The van der Waals surface area contributed by atoms with Crippen molar-refractivity contribution in [1.29, 1.82) is 0 Å². The van der Waals surface area contributed by atoms with Gasteiger partial charge in [0.15, 0.2) is 0 Å².